The van der Waals surface area contributed by atoms with Crippen molar-refractivity contribution in [2.75, 3.05) is 13.7 Å². The van der Waals surface area contributed by atoms with Crippen molar-refractivity contribution >= 4 is 44.1 Å². The van der Waals surface area contributed by atoms with E-state index in [1.54, 1.807) is 19.4 Å². The number of nitrogens with one attached hydrogen (secondary N) is 1. The lowest BCUT2D eigenvalue weighted by molar-refractivity contribution is 0.311. The summed E-state index contributed by atoms with van der Waals surface area (Å²) >= 11 is 3.45. The average molecular weight is 441 g/mol. The lowest BCUT2D eigenvalue weighted by atomic mass is 10.2. The molecule has 0 aliphatic carbocycles. The lowest BCUT2D eigenvalue weighted by Gasteiger charge is -2.09. The molecule has 0 saturated heterocycles. The number of hydrogen-bond acceptors (Lipinski definition) is 5. The molecule has 0 aliphatic rings. The van der Waals surface area contributed by atoms with Crippen molar-refractivity contribution < 1.29 is 9.47 Å². The van der Waals surface area contributed by atoms with Gasteiger partial charge in [0, 0.05) is 15.4 Å². The summed E-state index contributed by atoms with van der Waals surface area (Å²) < 4.78 is 13.0. The monoisotopic (exact) mass is 440 g/mol. The van der Waals surface area contributed by atoms with E-state index in [1.807, 2.05) is 37.3 Å². The zero-order valence-corrected chi connectivity index (χ0v) is 16.9. The van der Waals surface area contributed by atoms with Gasteiger partial charge >= 0.3 is 0 Å². The second-order valence-electron chi connectivity index (χ2n) is 6.02. The van der Waals surface area contributed by atoms with Crippen molar-refractivity contribution in [2.45, 2.75) is 6.92 Å². The fourth-order valence-corrected chi connectivity index (χ4v) is 3.33. The Morgan fingerprint density at radius 3 is 2.89 bits per heavy atom. The van der Waals surface area contributed by atoms with Gasteiger partial charge in [0.15, 0.2) is 11.5 Å². The number of ether oxygens (including phenoxy) is 2. The van der Waals surface area contributed by atoms with Gasteiger partial charge in [-0.2, -0.15) is 9.78 Å². The van der Waals surface area contributed by atoms with Crippen molar-refractivity contribution in [1.29, 1.82) is 0 Å². The van der Waals surface area contributed by atoms with E-state index >= 15 is 0 Å². The topological polar surface area (TPSA) is 81.5 Å². The molecule has 0 spiro atoms. The maximum atomic E-state index is 12.8. The normalized spacial score (nSPS) is 11.5. The van der Waals surface area contributed by atoms with Crippen LogP contribution in [-0.4, -0.2) is 34.6 Å². The number of nitrogens with zero attached hydrogens (tertiary/aromatic N) is 3. The standard InChI is InChI=1S/C20H17BrN4O3/c1-3-28-16-7-4-12(8-17(16)27-2)10-23-25-11-22-18-14-9-13(21)5-6-15(14)24-19(18)20(25)26/h4-11,24H,3H2,1-2H3/b23-10-. The number of aromatic amines is 1. The predicted octanol–water partition coefficient (Wildman–Crippen LogP) is 3.93. The molecule has 7 nitrogen and oxygen atoms in total. The maximum absolute atomic E-state index is 12.8. The summed E-state index contributed by atoms with van der Waals surface area (Å²) in [7, 11) is 1.58. The van der Waals surface area contributed by atoms with E-state index in [9.17, 15) is 4.79 Å². The van der Waals surface area contributed by atoms with Crippen LogP contribution in [0.15, 0.2) is 57.1 Å². The number of aromatic nitrogens is 3. The molecule has 0 unspecified atom stereocenters. The summed E-state index contributed by atoms with van der Waals surface area (Å²) in [6.07, 6.45) is 2.99. The van der Waals surface area contributed by atoms with Crippen molar-refractivity contribution in [3.05, 3.63) is 63.1 Å². The van der Waals surface area contributed by atoms with Gasteiger partial charge in [0.05, 0.1) is 19.9 Å². The molecule has 8 heteroatoms. The van der Waals surface area contributed by atoms with Crippen LogP contribution in [0.25, 0.3) is 21.9 Å². The third-order valence-corrected chi connectivity index (χ3v) is 4.76. The van der Waals surface area contributed by atoms with E-state index in [4.69, 9.17) is 9.47 Å². The third-order valence-electron chi connectivity index (χ3n) is 4.27. The molecule has 0 fully saturated rings. The number of rotatable bonds is 5. The van der Waals surface area contributed by atoms with Crippen LogP contribution in [0.1, 0.15) is 12.5 Å². The van der Waals surface area contributed by atoms with E-state index in [2.05, 4.69) is 31.0 Å². The molecule has 4 aromatic rings. The van der Waals surface area contributed by atoms with Gasteiger partial charge in [-0.25, -0.2) is 4.98 Å². The van der Waals surface area contributed by atoms with Gasteiger partial charge in [0.2, 0.25) is 0 Å². The Morgan fingerprint density at radius 2 is 2.11 bits per heavy atom. The molecular weight excluding hydrogens is 424 g/mol. The molecule has 0 radical (unpaired) electrons. The molecule has 1 N–H and O–H groups in total. The van der Waals surface area contributed by atoms with Crippen LogP contribution in [0, 0.1) is 0 Å². The summed E-state index contributed by atoms with van der Waals surface area (Å²) in [4.78, 5) is 20.3. The molecule has 142 valence electrons. The molecule has 4 rings (SSSR count). The van der Waals surface area contributed by atoms with Crippen LogP contribution in [0.2, 0.25) is 0 Å². The van der Waals surface area contributed by atoms with Crippen LogP contribution in [0.3, 0.4) is 0 Å². The Kier molecular flexibility index (Phi) is 4.87. The Bertz CT molecular complexity index is 1260. The van der Waals surface area contributed by atoms with Gasteiger partial charge < -0.3 is 14.5 Å². The minimum absolute atomic E-state index is 0.272. The van der Waals surface area contributed by atoms with E-state index in [0.717, 1.165) is 20.9 Å². The highest BCUT2D eigenvalue weighted by molar-refractivity contribution is 9.10. The first kappa shape index (κ1) is 18.2. The van der Waals surface area contributed by atoms with Crippen molar-refractivity contribution in [2.24, 2.45) is 5.10 Å². The van der Waals surface area contributed by atoms with Crippen LogP contribution in [0.4, 0.5) is 0 Å². The summed E-state index contributed by atoms with van der Waals surface area (Å²) in [5.41, 5.74) is 2.38. The molecule has 0 atom stereocenters. The molecule has 2 aromatic carbocycles. The highest BCUT2D eigenvalue weighted by Crippen LogP contribution is 2.27. The molecule has 0 amide bonds. The molecular formula is C20H17BrN4O3. The fourth-order valence-electron chi connectivity index (χ4n) is 2.97. The third kappa shape index (κ3) is 3.27. The zero-order valence-electron chi connectivity index (χ0n) is 15.3. The number of H-pyrrole nitrogens is 1. The molecule has 28 heavy (non-hydrogen) atoms. The number of halogens is 1. The molecule has 0 saturated carbocycles. The van der Waals surface area contributed by atoms with E-state index < -0.39 is 0 Å². The minimum Gasteiger partial charge on any atom is -0.493 e. The van der Waals surface area contributed by atoms with Gasteiger partial charge in [0.25, 0.3) is 5.56 Å². The number of methoxy groups -OCH3 is 1. The van der Waals surface area contributed by atoms with Gasteiger partial charge in [-0.3, -0.25) is 4.79 Å². The van der Waals surface area contributed by atoms with Gasteiger partial charge in [-0.1, -0.05) is 15.9 Å². The van der Waals surface area contributed by atoms with Gasteiger partial charge in [-0.15, -0.1) is 0 Å². The van der Waals surface area contributed by atoms with Crippen LogP contribution in [0.5, 0.6) is 11.5 Å². The Hall–Kier alpha value is -3.13. The molecule has 2 heterocycles. The second kappa shape index (κ2) is 7.47. The van der Waals surface area contributed by atoms with E-state index in [-0.39, 0.29) is 5.56 Å². The number of hydrogen-bond donors (Lipinski definition) is 1. The summed E-state index contributed by atoms with van der Waals surface area (Å²) in [6, 6.07) is 11.2. The Balaban J connectivity index is 1.73. The highest BCUT2D eigenvalue weighted by Gasteiger charge is 2.11. The molecule has 0 bridgehead atoms. The lowest BCUT2D eigenvalue weighted by Crippen LogP contribution is -2.17. The van der Waals surface area contributed by atoms with Crippen LogP contribution >= 0.6 is 15.9 Å². The van der Waals surface area contributed by atoms with Crippen molar-refractivity contribution in [3.63, 3.8) is 0 Å². The second-order valence-corrected chi connectivity index (χ2v) is 6.94. The Morgan fingerprint density at radius 1 is 1.25 bits per heavy atom. The smallest absolute Gasteiger partial charge is 0.298 e. The average Bonchev–Trinajstić information content (AvgIpc) is 3.07. The first-order valence-corrected chi connectivity index (χ1v) is 9.43. The van der Waals surface area contributed by atoms with Crippen molar-refractivity contribution in [1.82, 2.24) is 14.6 Å². The Labute approximate surface area is 168 Å². The van der Waals surface area contributed by atoms with E-state index in [0.29, 0.717) is 29.1 Å². The first-order chi connectivity index (χ1) is 13.6. The quantitative estimate of drug-likeness (QED) is 0.476. The summed E-state index contributed by atoms with van der Waals surface area (Å²) in [5, 5.41) is 5.14. The van der Waals surface area contributed by atoms with E-state index in [1.165, 1.54) is 11.0 Å². The van der Waals surface area contributed by atoms with Gasteiger partial charge in [0.1, 0.15) is 17.4 Å². The first-order valence-electron chi connectivity index (χ1n) is 8.64. The highest BCUT2D eigenvalue weighted by atomic mass is 79.9. The summed E-state index contributed by atoms with van der Waals surface area (Å²) in [5.74, 6) is 1.26. The largest absolute Gasteiger partial charge is 0.493 e. The van der Waals surface area contributed by atoms with Crippen molar-refractivity contribution in [3.8, 4) is 11.5 Å². The minimum atomic E-state index is -0.272. The molecule has 2 aromatic heterocycles. The fraction of sp³-hybridized carbons (Fsp3) is 0.150. The summed E-state index contributed by atoms with van der Waals surface area (Å²) in [6.45, 7) is 2.46. The van der Waals surface area contributed by atoms with Gasteiger partial charge in [-0.05, 0) is 48.9 Å². The maximum Gasteiger partial charge on any atom is 0.298 e. The number of fused-ring (bicyclic) bond motifs is 3. The molecule has 0 aliphatic heterocycles. The zero-order chi connectivity index (χ0) is 19.7. The predicted molar refractivity (Wildman–Crippen MR) is 113 cm³/mol. The van der Waals surface area contributed by atoms with Crippen LogP contribution in [-0.2, 0) is 0 Å². The van der Waals surface area contributed by atoms with Crippen LogP contribution < -0.4 is 15.0 Å². The number of benzene rings is 2. The SMILES string of the molecule is CCOc1ccc(/C=N\n2cnc3c([nH]c4ccc(Br)cc43)c2=O)cc1OC.